The summed E-state index contributed by atoms with van der Waals surface area (Å²) in [4.78, 5) is 13.3. The molecule has 0 saturated carbocycles. The lowest BCUT2D eigenvalue weighted by Crippen LogP contribution is -1.96. The highest BCUT2D eigenvalue weighted by molar-refractivity contribution is 7.10. The maximum atomic E-state index is 11.9. The third-order valence-electron chi connectivity index (χ3n) is 3.18. The fraction of sp³-hybridized carbons (Fsp3) is 0.214. The first-order valence-corrected chi connectivity index (χ1v) is 6.37. The van der Waals surface area contributed by atoms with Gasteiger partial charge in [-0.3, -0.25) is 4.79 Å². The summed E-state index contributed by atoms with van der Waals surface area (Å²) in [5, 5.41) is 2.08. The molecule has 1 atom stereocenters. The van der Waals surface area contributed by atoms with Gasteiger partial charge in [0.1, 0.15) is 0 Å². The van der Waals surface area contributed by atoms with Crippen molar-refractivity contribution in [3.05, 3.63) is 57.8 Å². The van der Waals surface area contributed by atoms with E-state index in [0.29, 0.717) is 18.1 Å². The van der Waals surface area contributed by atoms with E-state index >= 15 is 0 Å². The number of carbonyl (C=O) groups is 1. The zero-order valence-corrected chi connectivity index (χ0v) is 9.67. The SMILES string of the molecule is O=C1CC(c2cccs2)C2=C1CC=CC=C2. The van der Waals surface area contributed by atoms with Gasteiger partial charge in [0.15, 0.2) is 5.78 Å². The van der Waals surface area contributed by atoms with Gasteiger partial charge in [-0.05, 0) is 23.4 Å². The predicted molar refractivity (Wildman–Crippen MR) is 66.6 cm³/mol. The van der Waals surface area contributed by atoms with Gasteiger partial charge in [0, 0.05) is 22.8 Å². The molecule has 0 radical (unpaired) electrons. The van der Waals surface area contributed by atoms with E-state index in [0.717, 1.165) is 12.0 Å². The Morgan fingerprint density at radius 3 is 3.06 bits per heavy atom. The Kier molecular flexibility index (Phi) is 2.37. The Morgan fingerprint density at radius 2 is 2.25 bits per heavy atom. The highest BCUT2D eigenvalue weighted by Gasteiger charge is 2.31. The van der Waals surface area contributed by atoms with E-state index in [4.69, 9.17) is 0 Å². The van der Waals surface area contributed by atoms with Crippen molar-refractivity contribution in [3.8, 4) is 0 Å². The standard InChI is InChI=1S/C14H12OS/c15-13-9-12(14-7-4-8-16-14)10-5-2-1-3-6-11(10)13/h1-5,7-8,12H,6,9H2. The van der Waals surface area contributed by atoms with Crippen molar-refractivity contribution in [2.45, 2.75) is 18.8 Å². The molecule has 0 saturated heterocycles. The third kappa shape index (κ3) is 1.50. The third-order valence-corrected chi connectivity index (χ3v) is 4.17. The van der Waals surface area contributed by atoms with Crippen molar-refractivity contribution in [1.29, 1.82) is 0 Å². The summed E-state index contributed by atoms with van der Waals surface area (Å²) in [6, 6.07) is 4.19. The molecular formula is C14H12OS. The van der Waals surface area contributed by atoms with Crippen molar-refractivity contribution in [1.82, 2.24) is 0 Å². The molecule has 1 nitrogen and oxygen atoms in total. The number of hydrogen-bond acceptors (Lipinski definition) is 2. The molecule has 2 aliphatic rings. The number of thiophene rings is 1. The Morgan fingerprint density at radius 1 is 1.31 bits per heavy atom. The molecule has 0 fully saturated rings. The number of rotatable bonds is 1. The summed E-state index contributed by atoms with van der Waals surface area (Å²) in [5.74, 6) is 0.628. The van der Waals surface area contributed by atoms with Gasteiger partial charge in [0.25, 0.3) is 0 Å². The maximum absolute atomic E-state index is 11.9. The van der Waals surface area contributed by atoms with Gasteiger partial charge in [-0.15, -0.1) is 11.3 Å². The van der Waals surface area contributed by atoms with Crippen LogP contribution in [-0.4, -0.2) is 5.78 Å². The van der Waals surface area contributed by atoms with E-state index in [-0.39, 0.29) is 0 Å². The first-order chi connectivity index (χ1) is 7.86. The fourth-order valence-electron chi connectivity index (χ4n) is 2.41. The van der Waals surface area contributed by atoms with E-state index in [2.05, 4.69) is 29.7 Å². The van der Waals surface area contributed by atoms with E-state index in [1.54, 1.807) is 11.3 Å². The Hall–Kier alpha value is -1.41. The molecule has 0 amide bonds. The predicted octanol–water partition coefficient (Wildman–Crippen LogP) is 3.62. The molecule has 0 spiro atoms. The maximum Gasteiger partial charge on any atom is 0.160 e. The van der Waals surface area contributed by atoms with Crippen LogP contribution in [0.5, 0.6) is 0 Å². The number of carbonyl (C=O) groups excluding carboxylic acids is 1. The van der Waals surface area contributed by atoms with Crippen LogP contribution in [0.3, 0.4) is 0 Å². The fourth-order valence-corrected chi connectivity index (χ4v) is 3.25. The molecule has 2 heteroatoms. The van der Waals surface area contributed by atoms with E-state index in [1.807, 2.05) is 12.2 Å². The molecule has 1 aromatic heterocycles. The van der Waals surface area contributed by atoms with Crippen molar-refractivity contribution in [3.63, 3.8) is 0 Å². The first kappa shape index (κ1) is 9.79. The van der Waals surface area contributed by atoms with Crippen LogP contribution >= 0.6 is 11.3 Å². The second-order valence-corrected chi connectivity index (χ2v) is 5.10. The van der Waals surface area contributed by atoms with Gasteiger partial charge in [0.2, 0.25) is 0 Å². The van der Waals surface area contributed by atoms with Crippen LogP contribution in [0.1, 0.15) is 23.6 Å². The highest BCUT2D eigenvalue weighted by Crippen LogP contribution is 2.41. The second-order valence-electron chi connectivity index (χ2n) is 4.12. The summed E-state index contributed by atoms with van der Waals surface area (Å²) >= 11 is 1.74. The number of allylic oxidation sites excluding steroid dienone is 6. The Labute approximate surface area is 98.8 Å². The van der Waals surface area contributed by atoms with Crippen molar-refractivity contribution in [2.75, 3.05) is 0 Å². The molecule has 0 N–H and O–H groups in total. The summed E-state index contributed by atoms with van der Waals surface area (Å²) in [6.45, 7) is 0. The average Bonchev–Trinajstić information content (AvgIpc) is 2.82. The minimum Gasteiger partial charge on any atom is -0.294 e. The molecule has 0 aromatic carbocycles. The topological polar surface area (TPSA) is 17.1 Å². The monoisotopic (exact) mass is 228 g/mol. The lowest BCUT2D eigenvalue weighted by atomic mass is 9.98. The van der Waals surface area contributed by atoms with Gasteiger partial charge >= 0.3 is 0 Å². The molecule has 1 unspecified atom stereocenters. The summed E-state index contributed by atoms with van der Waals surface area (Å²) in [6.07, 6.45) is 9.69. The molecular weight excluding hydrogens is 216 g/mol. The minimum atomic E-state index is 0.304. The van der Waals surface area contributed by atoms with E-state index in [1.165, 1.54) is 10.5 Å². The summed E-state index contributed by atoms with van der Waals surface area (Å²) in [5.41, 5.74) is 2.25. The second kappa shape index (κ2) is 3.87. The average molecular weight is 228 g/mol. The number of hydrogen-bond donors (Lipinski definition) is 0. The molecule has 0 aliphatic heterocycles. The van der Waals surface area contributed by atoms with Gasteiger partial charge < -0.3 is 0 Å². The van der Waals surface area contributed by atoms with Crippen molar-refractivity contribution >= 4 is 17.1 Å². The minimum absolute atomic E-state index is 0.304. The Bertz CT molecular complexity index is 503. The van der Waals surface area contributed by atoms with Crippen LogP contribution in [0.2, 0.25) is 0 Å². The number of Topliss-reactive ketones (excluding diaryl/α,β-unsaturated/α-hetero) is 1. The van der Waals surface area contributed by atoms with Crippen LogP contribution in [0.15, 0.2) is 53.0 Å². The molecule has 3 rings (SSSR count). The lowest BCUT2D eigenvalue weighted by Gasteiger charge is -2.08. The van der Waals surface area contributed by atoms with Crippen LogP contribution in [0.25, 0.3) is 0 Å². The molecule has 80 valence electrons. The van der Waals surface area contributed by atoms with Crippen LogP contribution in [-0.2, 0) is 4.79 Å². The van der Waals surface area contributed by atoms with Crippen LogP contribution in [0, 0.1) is 0 Å². The van der Waals surface area contributed by atoms with Gasteiger partial charge in [0.05, 0.1) is 0 Å². The van der Waals surface area contributed by atoms with Crippen LogP contribution in [0.4, 0.5) is 0 Å². The van der Waals surface area contributed by atoms with Gasteiger partial charge in [-0.25, -0.2) is 0 Å². The lowest BCUT2D eigenvalue weighted by molar-refractivity contribution is -0.115. The Balaban J connectivity index is 2.05. The van der Waals surface area contributed by atoms with Crippen molar-refractivity contribution in [2.24, 2.45) is 0 Å². The molecule has 1 heterocycles. The van der Waals surface area contributed by atoms with Crippen molar-refractivity contribution < 1.29 is 4.79 Å². The van der Waals surface area contributed by atoms with Gasteiger partial charge in [-0.1, -0.05) is 30.4 Å². The molecule has 1 aromatic rings. The van der Waals surface area contributed by atoms with E-state index < -0.39 is 0 Å². The smallest absolute Gasteiger partial charge is 0.160 e. The molecule has 16 heavy (non-hydrogen) atoms. The zero-order chi connectivity index (χ0) is 11.0. The molecule has 0 bridgehead atoms. The largest absolute Gasteiger partial charge is 0.294 e. The highest BCUT2D eigenvalue weighted by atomic mass is 32.1. The van der Waals surface area contributed by atoms with Gasteiger partial charge in [-0.2, -0.15) is 0 Å². The zero-order valence-electron chi connectivity index (χ0n) is 8.85. The summed E-state index contributed by atoms with van der Waals surface area (Å²) in [7, 11) is 0. The quantitative estimate of drug-likeness (QED) is 0.717. The van der Waals surface area contributed by atoms with Crippen LogP contribution < -0.4 is 0 Å². The number of ketones is 1. The molecule has 2 aliphatic carbocycles. The first-order valence-electron chi connectivity index (χ1n) is 5.49. The van der Waals surface area contributed by atoms with E-state index in [9.17, 15) is 4.79 Å². The summed E-state index contributed by atoms with van der Waals surface area (Å²) < 4.78 is 0. The normalized spacial score (nSPS) is 23.8.